The average Bonchev–Trinajstić information content (AvgIpc) is 2.83. The largest absolute Gasteiger partial charge is 0.573 e. The number of pyridine rings is 1. The second-order valence-electron chi connectivity index (χ2n) is 8.25. The third-order valence-electron chi connectivity index (χ3n) is 5.78. The number of ether oxygens (including phenoxy) is 3. The minimum Gasteiger partial charge on any atom is -0.451 e. The maximum atomic E-state index is 14.2. The average molecular weight is 541 g/mol. The number of alkyl halides is 3. The Morgan fingerprint density at radius 3 is 2.57 bits per heavy atom. The van der Waals surface area contributed by atoms with E-state index in [4.69, 9.17) is 9.47 Å². The molecule has 2 unspecified atom stereocenters. The van der Waals surface area contributed by atoms with Crippen molar-refractivity contribution in [1.82, 2.24) is 9.71 Å². The number of hydrogen-bond acceptors (Lipinski definition) is 8. The first kappa shape index (κ1) is 25.2. The molecule has 3 heterocycles. The number of anilines is 2. The molecule has 0 bridgehead atoms. The summed E-state index contributed by atoms with van der Waals surface area (Å²) in [7, 11) is -4.28. The molecule has 3 aromatic rings. The number of hydrogen-bond donors (Lipinski definition) is 2. The fraction of sp³-hybridized carbons (Fsp3) is 0.261. The van der Waals surface area contributed by atoms with Crippen LogP contribution in [-0.2, 0) is 14.8 Å². The van der Waals surface area contributed by atoms with E-state index in [2.05, 4.69) is 14.4 Å². The van der Waals surface area contributed by atoms with Crippen molar-refractivity contribution in [2.24, 2.45) is 0 Å². The number of benzene rings is 2. The van der Waals surface area contributed by atoms with E-state index in [1.165, 1.54) is 29.3 Å². The number of halogens is 4. The zero-order valence-corrected chi connectivity index (χ0v) is 19.5. The molecule has 0 spiro atoms. The van der Waals surface area contributed by atoms with Crippen LogP contribution in [0.1, 0.15) is 0 Å². The quantitative estimate of drug-likeness (QED) is 0.473. The Balaban J connectivity index is 1.41. The molecule has 37 heavy (non-hydrogen) atoms. The van der Waals surface area contributed by atoms with Crippen molar-refractivity contribution in [3.05, 3.63) is 66.6 Å². The van der Waals surface area contributed by atoms with Crippen LogP contribution < -0.4 is 19.1 Å². The number of aliphatic hydroxyl groups excluding tert-OH is 1. The summed E-state index contributed by atoms with van der Waals surface area (Å²) in [4.78, 5) is 5.49. The van der Waals surface area contributed by atoms with Gasteiger partial charge in [-0.3, -0.25) is 0 Å². The molecule has 2 N–H and O–H groups in total. The molecule has 2 aliphatic rings. The van der Waals surface area contributed by atoms with Gasteiger partial charge in [0, 0.05) is 12.3 Å². The van der Waals surface area contributed by atoms with Crippen LogP contribution in [0.2, 0.25) is 0 Å². The normalized spacial score (nSPS) is 21.5. The molecule has 0 aliphatic carbocycles. The highest BCUT2D eigenvalue weighted by Gasteiger charge is 2.42. The van der Waals surface area contributed by atoms with Gasteiger partial charge in [-0.15, -0.1) is 13.2 Å². The summed E-state index contributed by atoms with van der Waals surface area (Å²) in [6.45, 7) is -0.240. The molecule has 9 nitrogen and oxygen atoms in total. The number of nitrogens with one attached hydrogen (secondary N) is 1. The van der Waals surface area contributed by atoms with Gasteiger partial charge in [-0.25, -0.2) is 22.5 Å². The summed E-state index contributed by atoms with van der Waals surface area (Å²) in [5.74, 6) is -0.224. The zero-order valence-electron chi connectivity index (χ0n) is 18.7. The van der Waals surface area contributed by atoms with Crippen molar-refractivity contribution in [2.75, 3.05) is 18.1 Å². The van der Waals surface area contributed by atoms with Gasteiger partial charge in [0.15, 0.2) is 17.3 Å². The van der Waals surface area contributed by atoms with Crippen molar-refractivity contribution in [3.63, 3.8) is 0 Å². The Bertz CT molecular complexity index is 1400. The van der Waals surface area contributed by atoms with Crippen LogP contribution in [0.25, 0.3) is 0 Å². The third-order valence-corrected chi connectivity index (χ3v) is 7.28. The molecular formula is C23H19F4N3O6S. The number of nitrogens with zero attached hydrogens (tertiary/aromatic N) is 2. The van der Waals surface area contributed by atoms with Crippen LogP contribution in [0.4, 0.5) is 29.1 Å². The Kier molecular flexibility index (Phi) is 6.43. The number of fused-ring (bicyclic) bond motifs is 2. The van der Waals surface area contributed by atoms with Crippen molar-refractivity contribution in [1.29, 1.82) is 0 Å². The van der Waals surface area contributed by atoms with Crippen molar-refractivity contribution in [3.8, 4) is 17.2 Å². The highest BCUT2D eigenvalue weighted by Crippen LogP contribution is 2.47. The smallest absolute Gasteiger partial charge is 0.451 e. The fourth-order valence-corrected chi connectivity index (χ4v) is 5.41. The molecule has 2 aliphatic heterocycles. The molecule has 1 fully saturated rings. The molecule has 196 valence electrons. The summed E-state index contributed by atoms with van der Waals surface area (Å²) in [5, 5.41) is 11.2. The van der Waals surface area contributed by atoms with E-state index in [-0.39, 0.29) is 29.6 Å². The number of rotatable bonds is 5. The molecule has 0 saturated carbocycles. The molecule has 1 saturated heterocycles. The third kappa shape index (κ3) is 5.18. The fourth-order valence-electron chi connectivity index (χ4n) is 4.18. The van der Waals surface area contributed by atoms with Crippen molar-refractivity contribution in [2.45, 2.75) is 29.4 Å². The van der Waals surface area contributed by atoms with Gasteiger partial charge in [0.05, 0.1) is 42.0 Å². The summed E-state index contributed by atoms with van der Waals surface area (Å²) in [5.41, 5.74) is 0.266. The minimum absolute atomic E-state index is 0.0468. The van der Waals surface area contributed by atoms with Crippen LogP contribution in [0.15, 0.2) is 65.7 Å². The maximum absolute atomic E-state index is 14.2. The minimum atomic E-state index is -4.92. The van der Waals surface area contributed by atoms with Gasteiger partial charge in [0.25, 0.3) is 0 Å². The van der Waals surface area contributed by atoms with Gasteiger partial charge < -0.3 is 24.2 Å². The van der Waals surface area contributed by atoms with E-state index < -0.39 is 46.1 Å². The standard InChI is InChI=1S/C23H19F4N3O6S/c24-13-3-8-19-17(10-13)30(22-20(35-19)2-1-9-28-22)18-12-34-11-16(21(18)31)29-37(32,33)15-6-4-14(5-7-15)36-23(25,26)27/h1-10,16,18,21,29,31H,11-12H2/t16-,18?,21?/m0/s1. The highest BCUT2D eigenvalue weighted by atomic mass is 32.2. The second kappa shape index (κ2) is 9.45. The molecular weight excluding hydrogens is 522 g/mol. The van der Waals surface area contributed by atoms with Crippen LogP contribution in [0.3, 0.4) is 0 Å². The molecule has 14 heteroatoms. The van der Waals surface area contributed by atoms with Gasteiger partial charge in [-0.2, -0.15) is 0 Å². The first-order chi connectivity index (χ1) is 17.5. The maximum Gasteiger partial charge on any atom is 0.573 e. The lowest BCUT2D eigenvalue weighted by atomic mass is 9.99. The Labute approximate surface area is 208 Å². The number of aliphatic hydroxyl groups is 1. The van der Waals surface area contributed by atoms with E-state index in [9.17, 15) is 31.1 Å². The van der Waals surface area contributed by atoms with E-state index >= 15 is 0 Å². The highest BCUT2D eigenvalue weighted by molar-refractivity contribution is 7.89. The molecule has 5 rings (SSSR count). The first-order valence-corrected chi connectivity index (χ1v) is 12.4. The molecule has 0 radical (unpaired) electrons. The number of sulfonamides is 1. The second-order valence-corrected chi connectivity index (χ2v) is 9.97. The monoisotopic (exact) mass is 541 g/mol. The van der Waals surface area contributed by atoms with Crippen LogP contribution in [0.5, 0.6) is 17.2 Å². The topological polar surface area (TPSA) is 110 Å². The van der Waals surface area contributed by atoms with E-state index in [0.717, 1.165) is 24.3 Å². The lowest BCUT2D eigenvalue weighted by Crippen LogP contribution is -2.60. The van der Waals surface area contributed by atoms with Gasteiger partial charge in [0.2, 0.25) is 10.0 Å². The summed E-state index contributed by atoms with van der Waals surface area (Å²) < 4.78 is 94.7. The molecule has 2 aromatic carbocycles. The molecule has 0 amide bonds. The zero-order chi connectivity index (χ0) is 26.4. The first-order valence-electron chi connectivity index (χ1n) is 10.9. The molecule has 1 aromatic heterocycles. The summed E-state index contributed by atoms with van der Waals surface area (Å²) in [6.07, 6.45) is -4.80. The predicted molar refractivity (Wildman–Crippen MR) is 121 cm³/mol. The Morgan fingerprint density at radius 2 is 1.84 bits per heavy atom. The van der Waals surface area contributed by atoms with Crippen molar-refractivity contribution >= 4 is 21.5 Å². The Hall–Kier alpha value is -3.46. The SMILES string of the molecule is O=S(=O)(N[C@H]1COCC(N2c3cc(F)ccc3Oc3cccnc32)C1O)c1ccc(OC(F)(F)F)cc1. The predicted octanol–water partition coefficient (Wildman–Crippen LogP) is 3.47. The van der Waals surface area contributed by atoms with Crippen molar-refractivity contribution < 1.29 is 45.3 Å². The van der Waals surface area contributed by atoms with Crippen LogP contribution in [0, 0.1) is 5.82 Å². The summed E-state index contributed by atoms with van der Waals surface area (Å²) in [6, 6.07) is 8.69. The van der Waals surface area contributed by atoms with Gasteiger partial charge in [0.1, 0.15) is 11.6 Å². The van der Waals surface area contributed by atoms with Gasteiger partial charge in [-0.05, 0) is 48.5 Å². The van der Waals surface area contributed by atoms with E-state index in [1.54, 1.807) is 12.1 Å². The van der Waals surface area contributed by atoms with Gasteiger partial charge in [-0.1, -0.05) is 0 Å². The van der Waals surface area contributed by atoms with Crippen LogP contribution >= 0.6 is 0 Å². The number of aromatic nitrogens is 1. The summed E-state index contributed by atoms with van der Waals surface area (Å²) >= 11 is 0. The molecule has 3 atom stereocenters. The lowest BCUT2D eigenvalue weighted by Gasteiger charge is -2.43. The van der Waals surface area contributed by atoms with E-state index in [0.29, 0.717) is 11.5 Å². The lowest BCUT2D eigenvalue weighted by molar-refractivity contribution is -0.274. The van der Waals surface area contributed by atoms with Gasteiger partial charge >= 0.3 is 6.36 Å². The van der Waals surface area contributed by atoms with Crippen LogP contribution in [-0.4, -0.2) is 56.3 Å². The Morgan fingerprint density at radius 1 is 1.08 bits per heavy atom. The van der Waals surface area contributed by atoms with E-state index in [1.807, 2.05) is 0 Å².